The van der Waals surface area contributed by atoms with Crippen LogP contribution in [0.15, 0.2) is 27.5 Å². The molecule has 2 heterocycles. The molecule has 0 fully saturated rings. The molecule has 1 N–H and O–H groups in total. The van der Waals surface area contributed by atoms with Crippen LogP contribution in [0.1, 0.15) is 47.2 Å². The zero-order valence-corrected chi connectivity index (χ0v) is 12.7. The number of hydrogen-bond donors (Lipinski definition) is 1. The quantitative estimate of drug-likeness (QED) is 0.805. The van der Waals surface area contributed by atoms with E-state index in [-0.39, 0.29) is 5.92 Å². The summed E-state index contributed by atoms with van der Waals surface area (Å²) in [5.74, 6) is -0.656. The van der Waals surface area contributed by atoms with Crippen molar-refractivity contribution in [1.82, 2.24) is 14.8 Å². The number of aromatic amines is 1. The lowest BCUT2D eigenvalue weighted by Gasteiger charge is -2.16. The summed E-state index contributed by atoms with van der Waals surface area (Å²) in [4.78, 5) is 11.6. The molecule has 6 nitrogen and oxygen atoms in total. The number of benzene rings is 1. The lowest BCUT2D eigenvalue weighted by atomic mass is 9.87. The van der Waals surface area contributed by atoms with Crippen molar-refractivity contribution < 1.29 is 4.52 Å². The van der Waals surface area contributed by atoms with Gasteiger partial charge in [0, 0.05) is 5.92 Å². The number of aryl methyl sites for hydroxylation is 2. The molecule has 3 aromatic rings. The van der Waals surface area contributed by atoms with Gasteiger partial charge in [0.2, 0.25) is 0 Å². The molecule has 0 radical (unpaired) electrons. The Morgan fingerprint density at radius 2 is 2.23 bits per heavy atom. The van der Waals surface area contributed by atoms with Crippen molar-refractivity contribution in [3.8, 4) is 6.07 Å². The molecule has 0 aliphatic carbocycles. The van der Waals surface area contributed by atoms with Crippen molar-refractivity contribution >= 4 is 5.65 Å². The van der Waals surface area contributed by atoms with E-state index in [9.17, 15) is 10.1 Å². The smallest absolute Gasteiger partial charge is 0.321 e. The standard InChI is InChI=1S/C16H16N4O2/c1-4-11(12-6-5-9(2)7-10(12)3)14-13(8-17)15-19-22-16(21)20(15)18-14/h5-7,11,19H,4H2,1-3H3. The molecule has 0 aliphatic heterocycles. The number of hydrogen-bond acceptors (Lipinski definition) is 4. The van der Waals surface area contributed by atoms with Gasteiger partial charge in [-0.3, -0.25) is 0 Å². The van der Waals surface area contributed by atoms with Crippen molar-refractivity contribution in [3.63, 3.8) is 0 Å². The van der Waals surface area contributed by atoms with Gasteiger partial charge in [-0.1, -0.05) is 30.7 Å². The molecule has 1 unspecified atom stereocenters. The van der Waals surface area contributed by atoms with Gasteiger partial charge in [0.1, 0.15) is 11.6 Å². The summed E-state index contributed by atoms with van der Waals surface area (Å²) in [6, 6.07) is 8.36. The lowest BCUT2D eigenvalue weighted by Crippen LogP contribution is -2.09. The maximum Gasteiger partial charge on any atom is 0.461 e. The number of nitriles is 1. The third-order valence-corrected chi connectivity index (χ3v) is 3.97. The van der Waals surface area contributed by atoms with E-state index in [2.05, 4.69) is 33.0 Å². The second-order valence-electron chi connectivity index (χ2n) is 5.42. The van der Waals surface area contributed by atoms with Crippen LogP contribution in [0.25, 0.3) is 5.65 Å². The van der Waals surface area contributed by atoms with E-state index in [1.807, 2.05) is 26.8 Å². The number of H-pyrrole nitrogens is 1. The van der Waals surface area contributed by atoms with Gasteiger partial charge in [-0.15, -0.1) is 4.52 Å². The molecule has 6 heteroatoms. The van der Waals surface area contributed by atoms with E-state index in [4.69, 9.17) is 0 Å². The van der Waals surface area contributed by atoms with Gasteiger partial charge in [0.25, 0.3) is 0 Å². The number of fused-ring (bicyclic) bond motifs is 1. The van der Waals surface area contributed by atoms with Crippen molar-refractivity contribution in [1.29, 1.82) is 5.26 Å². The largest absolute Gasteiger partial charge is 0.461 e. The highest BCUT2D eigenvalue weighted by Gasteiger charge is 2.25. The second-order valence-corrected chi connectivity index (χ2v) is 5.42. The Kier molecular flexibility index (Phi) is 3.33. The summed E-state index contributed by atoms with van der Waals surface area (Å²) in [5.41, 5.74) is 4.74. The molecule has 0 aliphatic rings. The maximum atomic E-state index is 11.6. The van der Waals surface area contributed by atoms with E-state index in [0.717, 1.165) is 22.1 Å². The third kappa shape index (κ3) is 2.02. The molecular weight excluding hydrogens is 280 g/mol. The third-order valence-electron chi connectivity index (χ3n) is 3.97. The Hall–Kier alpha value is -2.81. The Bertz CT molecular complexity index is 939. The average molecular weight is 296 g/mol. The zero-order chi connectivity index (χ0) is 15.9. The zero-order valence-electron chi connectivity index (χ0n) is 12.7. The van der Waals surface area contributed by atoms with Gasteiger partial charge in [0.05, 0.1) is 5.69 Å². The summed E-state index contributed by atoms with van der Waals surface area (Å²) in [6.45, 7) is 6.14. The van der Waals surface area contributed by atoms with Crippen LogP contribution in [0, 0.1) is 25.2 Å². The fraction of sp³-hybridized carbons (Fsp3) is 0.312. The summed E-state index contributed by atoms with van der Waals surface area (Å²) in [5, 5.41) is 16.2. The normalized spacial score (nSPS) is 12.5. The Balaban J connectivity index is 2.23. The molecule has 22 heavy (non-hydrogen) atoms. The SMILES string of the molecule is CCC(c1ccc(C)cc1C)c1nn2c(=O)o[nH]c2c1C#N. The first-order valence-electron chi connectivity index (χ1n) is 7.14. The van der Waals surface area contributed by atoms with Crippen molar-refractivity contribution in [2.75, 3.05) is 0 Å². The predicted octanol–water partition coefficient (Wildman–Crippen LogP) is 2.65. The average Bonchev–Trinajstić information content (AvgIpc) is 3.02. The lowest BCUT2D eigenvalue weighted by molar-refractivity contribution is 0.382. The summed E-state index contributed by atoms with van der Waals surface area (Å²) in [6.07, 6.45) is 0.782. The second kappa shape index (κ2) is 5.19. The first kappa shape index (κ1) is 14.1. The fourth-order valence-electron chi connectivity index (χ4n) is 2.93. The minimum absolute atomic E-state index is 0.0389. The molecule has 1 atom stereocenters. The molecule has 0 spiro atoms. The predicted molar refractivity (Wildman–Crippen MR) is 80.8 cm³/mol. The van der Waals surface area contributed by atoms with Gasteiger partial charge in [-0.05, 0) is 31.4 Å². The van der Waals surface area contributed by atoms with Crippen LogP contribution in [-0.4, -0.2) is 14.8 Å². The molecule has 0 bridgehead atoms. The molecular formula is C16H16N4O2. The highest BCUT2D eigenvalue weighted by molar-refractivity contribution is 5.59. The Morgan fingerprint density at radius 3 is 2.86 bits per heavy atom. The monoisotopic (exact) mass is 296 g/mol. The van der Waals surface area contributed by atoms with E-state index in [1.54, 1.807) is 0 Å². The van der Waals surface area contributed by atoms with Gasteiger partial charge in [0.15, 0.2) is 5.65 Å². The first-order chi connectivity index (χ1) is 10.6. The molecule has 2 aromatic heterocycles. The Morgan fingerprint density at radius 1 is 1.45 bits per heavy atom. The van der Waals surface area contributed by atoms with Gasteiger partial charge >= 0.3 is 5.76 Å². The minimum atomic E-state index is -0.617. The van der Waals surface area contributed by atoms with Gasteiger partial charge in [-0.25, -0.2) is 4.79 Å². The fourth-order valence-corrected chi connectivity index (χ4v) is 2.93. The Labute approximate surface area is 127 Å². The highest BCUT2D eigenvalue weighted by atomic mass is 16.5. The maximum absolute atomic E-state index is 11.6. The van der Waals surface area contributed by atoms with E-state index in [1.165, 1.54) is 5.56 Å². The van der Waals surface area contributed by atoms with Crippen LogP contribution in [0.5, 0.6) is 0 Å². The van der Waals surface area contributed by atoms with Crippen LogP contribution in [-0.2, 0) is 0 Å². The van der Waals surface area contributed by atoms with Crippen LogP contribution >= 0.6 is 0 Å². The van der Waals surface area contributed by atoms with Crippen molar-refractivity contribution in [3.05, 3.63) is 56.7 Å². The molecule has 3 rings (SSSR count). The molecule has 0 saturated carbocycles. The minimum Gasteiger partial charge on any atom is -0.321 e. The molecule has 0 amide bonds. The van der Waals surface area contributed by atoms with Crippen LogP contribution in [0.4, 0.5) is 0 Å². The summed E-state index contributed by atoms with van der Waals surface area (Å²) in [7, 11) is 0. The van der Waals surface area contributed by atoms with Gasteiger partial charge in [-0.2, -0.15) is 15.5 Å². The number of rotatable bonds is 3. The van der Waals surface area contributed by atoms with E-state index >= 15 is 0 Å². The summed E-state index contributed by atoms with van der Waals surface area (Å²) < 4.78 is 5.79. The van der Waals surface area contributed by atoms with Crippen LogP contribution in [0.3, 0.4) is 0 Å². The van der Waals surface area contributed by atoms with E-state index < -0.39 is 5.76 Å². The van der Waals surface area contributed by atoms with Crippen LogP contribution < -0.4 is 5.76 Å². The number of nitrogens with zero attached hydrogens (tertiary/aromatic N) is 3. The van der Waals surface area contributed by atoms with Crippen LogP contribution in [0.2, 0.25) is 0 Å². The van der Waals surface area contributed by atoms with Gasteiger partial charge < -0.3 is 4.52 Å². The molecule has 1 aromatic carbocycles. The first-order valence-corrected chi connectivity index (χ1v) is 7.14. The number of aromatic nitrogens is 3. The highest BCUT2D eigenvalue weighted by Crippen LogP contribution is 2.32. The molecule has 0 saturated heterocycles. The van der Waals surface area contributed by atoms with Crippen molar-refractivity contribution in [2.45, 2.75) is 33.1 Å². The molecule has 112 valence electrons. The topological polar surface area (TPSA) is 87.1 Å². The van der Waals surface area contributed by atoms with Crippen molar-refractivity contribution in [2.24, 2.45) is 0 Å². The number of nitrogens with one attached hydrogen (secondary N) is 1. The van der Waals surface area contributed by atoms with E-state index in [0.29, 0.717) is 16.9 Å². The summed E-state index contributed by atoms with van der Waals surface area (Å²) >= 11 is 0.